The van der Waals surface area contributed by atoms with E-state index < -0.39 is 33.7 Å². The third kappa shape index (κ3) is 7.82. The second kappa shape index (κ2) is 14.1. The number of hydrogen-bond acceptors (Lipinski definition) is 8. The van der Waals surface area contributed by atoms with E-state index in [1.807, 2.05) is 10.9 Å². The number of alkyl halides is 2. The van der Waals surface area contributed by atoms with Crippen LogP contribution in [0.15, 0.2) is 61.1 Å². The molecule has 0 radical (unpaired) electrons. The number of aliphatic carboxylic acids is 1. The molecule has 16 heteroatoms. The van der Waals surface area contributed by atoms with Crippen LogP contribution in [-0.4, -0.2) is 50.2 Å². The number of sulfonamides is 1. The fourth-order valence-electron chi connectivity index (χ4n) is 5.05. The van der Waals surface area contributed by atoms with Crippen LogP contribution < -0.4 is 15.2 Å². The average molecular weight is 672 g/mol. The Morgan fingerprint density at radius 2 is 1.83 bits per heavy atom. The predicted molar refractivity (Wildman–Crippen MR) is 170 cm³/mol. The van der Waals surface area contributed by atoms with Crippen molar-refractivity contribution in [3.05, 3.63) is 72.4 Å². The van der Waals surface area contributed by atoms with Crippen LogP contribution in [0.4, 0.5) is 24.7 Å². The highest BCUT2D eigenvalue weighted by Crippen LogP contribution is 2.39. The molecule has 0 unspecified atom stereocenters. The number of carboxylic acids is 1. The number of nitrogens with zero attached hydrogens (tertiary/aromatic N) is 4. The molecule has 5 aromatic rings. The van der Waals surface area contributed by atoms with Crippen LogP contribution in [0, 0.1) is 5.82 Å². The molecule has 248 valence electrons. The van der Waals surface area contributed by atoms with Crippen molar-refractivity contribution in [2.45, 2.75) is 57.4 Å². The van der Waals surface area contributed by atoms with Gasteiger partial charge >= 0.3 is 11.7 Å². The number of rotatable bonds is 15. The number of aryl methyl sites for hydroxylation is 1. The molecule has 0 spiro atoms. The minimum absolute atomic E-state index is 0.0772. The second-order valence-electron chi connectivity index (χ2n) is 10.9. The molecule has 0 aliphatic rings. The summed E-state index contributed by atoms with van der Waals surface area (Å²) in [5.41, 5.74) is 9.37. The van der Waals surface area contributed by atoms with E-state index in [0.717, 1.165) is 24.8 Å². The number of ether oxygens (including phenoxy) is 1. The fraction of sp³-hybridized carbons (Fsp3) is 0.290. The number of nitrogens with two attached hydrogens (primary N) is 1. The molecule has 3 aromatic heterocycles. The number of aromatic amines is 1. The number of benzene rings is 2. The zero-order valence-electron chi connectivity index (χ0n) is 25.2. The third-order valence-electron chi connectivity index (χ3n) is 7.48. The summed E-state index contributed by atoms with van der Waals surface area (Å²) in [6.45, 7) is 2.29. The first kappa shape index (κ1) is 33.2. The lowest BCUT2D eigenvalue weighted by atomic mass is 10.0. The van der Waals surface area contributed by atoms with Gasteiger partial charge < -0.3 is 15.6 Å². The Morgan fingerprint density at radius 3 is 2.55 bits per heavy atom. The van der Waals surface area contributed by atoms with Crippen LogP contribution >= 0.6 is 0 Å². The zero-order valence-corrected chi connectivity index (χ0v) is 26.0. The first-order chi connectivity index (χ1) is 22.4. The highest BCUT2D eigenvalue weighted by molar-refractivity contribution is 7.93. The Morgan fingerprint density at radius 1 is 1.09 bits per heavy atom. The number of fused-ring (bicyclic) bond motifs is 1. The minimum Gasteiger partial charge on any atom is -0.484 e. The molecule has 12 nitrogen and oxygen atoms in total. The number of nitrogens with one attached hydrogen (secondary N) is 2. The first-order valence-corrected chi connectivity index (χ1v) is 16.2. The van der Waals surface area contributed by atoms with Crippen molar-refractivity contribution in [2.75, 3.05) is 10.5 Å². The van der Waals surface area contributed by atoms with Gasteiger partial charge in [0.05, 0.1) is 22.8 Å². The van der Waals surface area contributed by atoms with Crippen molar-refractivity contribution in [1.82, 2.24) is 25.0 Å². The van der Waals surface area contributed by atoms with Gasteiger partial charge in [0.2, 0.25) is 0 Å². The fourth-order valence-corrected chi connectivity index (χ4v) is 5.61. The molecule has 5 rings (SSSR count). The number of pyridine rings is 1. The molecular formula is C31H32F3N7O5S. The number of aromatic nitrogens is 5. The summed E-state index contributed by atoms with van der Waals surface area (Å²) < 4.78 is 73.7. The van der Waals surface area contributed by atoms with Gasteiger partial charge in [0.25, 0.3) is 10.0 Å². The minimum atomic E-state index is -5.03. The van der Waals surface area contributed by atoms with Gasteiger partial charge in [-0.1, -0.05) is 31.0 Å². The van der Waals surface area contributed by atoms with Crippen LogP contribution in [0.2, 0.25) is 0 Å². The number of halogens is 3. The molecule has 0 saturated carbocycles. The number of hydrogen-bond donors (Lipinski definition) is 4. The van der Waals surface area contributed by atoms with Crippen molar-refractivity contribution >= 4 is 38.4 Å². The van der Waals surface area contributed by atoms with Gasteiger partial charge in [-0.15, -0.1) is 0 Å². The molecule has 0 aliphatic heterocycles. The molecule has 1 atom stereocenters. The molecular weight excluding hydrogens is 639 g/mol. The monoisotopic (exact) mass is 671 g/mol. The maximum atomic E-state index is 13.5. The van der Waals surface area contributed by atoms with Gasteiger partial charge in [-0.2, -0.15) is 19.0 Å². The van der Waals surface area contributed by atoms with Crippen LogP contribution in [0.25, 0.3) is 33.3 Å². The SMILES string of the molecule is C[C@H](Oc1cc(-c2n[nH]c3c(-c4cnn(CCCCCCC(=O)O)c4)cnc(N)c23)ccc1NS(=O)(=O)C(F)F)c1ccc(F)cc1. The predicted octanol–water partition coefficient (Wildman–Crippen LogP) is 6.35. The summed E-state index contributed by atoms with van der Waals surface area (Å²) in [5.74, 6) is -4.86. The Bertz CT molecular complexity index is 1980. The van der Waals surface area contributed by atoms with Crippen LogP contribution in [0.3, 0.4) is 0 Å². The van der Waals surface area contributed by atoms with Crippen LogP contribution in [-0.2, 0) is 21.4 Å². The normalized spacial score (nSPS) is 12.4. The van der Waals surface area contributed by atoms with Crippen molar-refractivity contribution < 1.29 is 36.2 Å². The molecule has 3 heterocycles. The molecule has 0 bridgehead atoms. The summed E-state index contributed by atoms with van der Waals surface area (Å²) in [5, 5.41) is 21.1. The topological polar surface area (TPSA) is 178 Å². The molecule has 0 aliphatic carbocycles. The Balaban J connectivity index is 1.45. The van der Waals surface area contributed by atoms with E-state index >= 15 is 0 Å². The maximum absolute atomic E-state index is 13.5. The van der Waals surface area contributed by atoms with Gasteiger partial charge in [0.1, 0.15) is 29.2 Å². The summed E-state index contributed by atoms with van der Waals surface area (Å²) in [4.78, 5) is 15.0. The Labute approximate surface area is 267 Å². The molecule has 2 aromatic carbocycles. The number of H-pyrrole nitrogens is 1. The summed E-state index contributed by atoms with van der Waals surface area (Å²) in [6.07, 6.45) is 7.71. The lowest BCUT2D eigenvalue weighted by Crippen LogP contribution is -2.21. The number of carbonyl (C=O) groups is 1. The second-order valence-corrected chi connectivity index (χ2v) is 12.5. The van der Waals surface area contributed by atoms with Gasteiger partial charge in [0.15, 0.2) is 0 Å². The van der Waals surface area contributed by atoms with Crippen molar-refractivity contribution in [3.63, 3.8) is 0 Å². The molecule has 0 fully saturated rings. The van der Waals surface area contributed by atoms with Crippen LogP contribution in [0.5, 0.6) is 5.75 Å². The summed E-state index contributed by atoms with van der Waals surface area (Å²) >= 11 is 0. The van der Waals surface area contributed by atoms with E-state index in [9.17, 15) is 26.4 Å². The van der Waals surface area contributed by atoms with Crippen molar-refractivity contribution in [3.8, 4) is 28.1 Å². The van der Waals surface area contributed by atoms with Crippen LogP contribution in [0.1, 0.15) is 50.7 Å². The highest BCUT2D eigenvalue weighted by atomic mass is 32.2. The largest absolute Gasteiger partial charge is 0.484 e. The lowest BCUT2D eigenvalue weighted by molar-refractivity contribution is -0.137. The van der Waals surface area contributed by atoms with E-state index in [4.69, 9.17) is 15.6 Å². The Kier molecular flexibility index (Phi) is 9.98. The molecule has 0 amide bonds. The lowest BCUT2D eigenvalue weighted by Gasteiger charge is -2.19. The summed E-state index contributed by atoms with van der Waals surface area (Å²) in [7, 11) is -5.03. The van der Waals surface area contributed by atoms with Gasteiger partial charge in [-0.05, 0) is 49.6 Å². The van der Waals surface area contributed by atoms with E-state index in [2.05, 4.69) is 20.3 Å². The molecule has 5 N–H and O–H groups in total. The number of anilines is 2. The van der Waals surface area contributed by atoms with Crippen molar-refractivity contribution in [1.29, 1.82) is 0 Å². The standard InChI is InChI=1S/C31H32F3N7O5S/c1-18(19-7-10-22(32)11-8-19)46-25-14-20(9-12-24(25)40-47(44,45)31(33)34)28-27-29(39-38-28)23(16-36-30(27)35)21-15-37-41(17-21)13-5-3-2-4-6-26(42)43/h7-12,14-18,31,40H,2-6,13H2,1H3,(H2,35,36)(H,38,39)(H,42,43)/t18-/m0/s1. The summed E-state index contributed by atoms with van der Waals surface area (Å²) in [6, 6.07) is 9.67. The van der Waals surface area contributed by atoms with E-state index in [1.54, 1.807) is 24.0 Å². The van der Waals surface area contributed by atoms with Gasteiger partial charge in [0, 0.05) is 42.0 Å². The highest BCUT2D eigenvalue weighted by Gasteiger charge is 2.26. The van der Waals surface area contributed by atoms with Crippen molar-refractivity contribution in [2.24, 2.45) is 0 Å². The first-order valence-electron chi connectivity index (χ1n) is 14.7. The number of nitrogen functional groups attached to an aromatic ring is 1. The van der Waals surface area contributed by atoms with E-state index in [1.165, 1.54) is 42.5 Å². The third-order valence-corrected chi connectivity index (χ3v) is 8.46. The molecule has 0 saturated heterocycles. The number of carboxylic acid groups (broad SMARTS) is 1. The quantitative estimate of drug-likeness (QED) is 0.0923. The smallest absolute Gasteiger partial charge is 0.355 e. The Hall–Kier alpha value is -5.12. The van der Waals surface area contributed by atoms with E-state index in [0.29, 0.717) is 46.3 Å². The van der Waals surface area contributed by atoms with Gasteiger partial charge in [-0.3, -0.25) is 19.3 Å². The molecule has 47 heavy (non-hydrogen) atoms. The number of unbranched alkanes of at least 4 members (excludes halogenated alkanes) is 3. The van der Waals surface area contributed by atoms with E-state index in [-0.39, 0.29) is 23.7 Å². The maximum Gasteiger partial charge on any atom is 0.355 e. The van der Waals surface area contributed by atoms with Gasteiger partial charge in [-0.25, -0.2) is 17.8 Å². The zero-order chi connectivity index (χ0) is 33.7. The average Bonchev–Trinajstić information content (AvgIpc) is 3.68.